The minimum absolute atomic E-state index is 0. The van der Waals surface area contributed by atoms with Gasteiger partial charge in [0.15, 0.2) is 0 Å². The molecule has 0 radical (unpaired) electrons. The molecule has 0 heterocycles. The Morgan fingerprint density at radius 2 is 1.93 bits per heavy atom. The lowest BCUT2D eigenvalue weighted by molar-refractivity contribution is -0.143. The van der Waals surface area contributed by atoms with E-state index in [0.717, 1.165) is 0 Å². The Hall–Kier alpha value is -0.480. The van der Waals surface area contributed by atoms with Gasteiger partial charge < -0.3 is 10.8 Å². The summed E-state index contributed by atoms with van der Waals surface area (Å²) in [6, 6.07) is 4.52. The fourth-order valence-electron chi connectivity index (χ4n) is 0.943. The third kappa shape index (κ3) is 2.98. The molecule has 0 saturated carbocycles. The average molecular weight is 271 g/mol. The third-order valence-electron chi connectivity index (χ3n) is 1.96. The van der Waals surface area contributed by atoms with Crippen LogP contribution in [0, 0.1) is 0 Å². The van der Waals surface area contributed by atoms with E-state index in [9.17, 15) is 4.79 Å². The molecule has 0 bridgehead atoms. The maximum atomic E-state index is 10.8. The molecule has 0 saturated heterocycles. The van der Waals surface area contributed by atoms with Crippen LogP contribution in [0.2, 0.25) is 10.0 Å². The molecule has 0 aliphatic rings. The Labute approximate surface area is 104 Å². The van der Waals surface area contributed by atoms with E-state index >= 15 is 0 Å². The van der Waals surface area contributed by atoms with E-state index in [1.54, 1.807) is 6.07 Å². The molecule has 0 aliphatic carbocycles. The van der Waals surface area contributed by atoms with Crippen molar-refractivity contribution in [1.82, 2.24) is 0 Å². The first kappa shape index (κ1) is 14.5. The number of halogens is 3. The standard InChI is InChI=1S/C9H9Cl2NO2.ClH/c1-9(12,8(13)14)5-2-3-6(10)7(11)4-5;/h2-4H,12H2,1H3,(H,13,14);1H/t9-;/m0./s1. The molecule has 1 atom stereocenters. The topological polar surface area (TPSA) is 63.3 Å². The predicted molar refractivity (Wildman–Crippen MR) is 62.9 cm³/mol. The summed E-state index contributed by atoms with van der Waals surface area (Å²) in [6.07, 6.45) is 0. The zero-order valence-corrected chi connectivity index (χ0v) is 10.2. The van der Waals surface area contributed by atoms with Gasteiger partial charge in [-0.25, -0.2) is 4.79 Å². The van der Waals surface area contributed by atoms with Crippen molar-refractivity contribution in [2.75, 3.05) is 0 Å². The molecule has 0 aliphatic heterocycles. The summed E-state index contributed by atoms with van der Waals surface area (Å²) in [5, 5.41) is 9.52. The number of carboxylic acids is 1. The van der Waals surface area contributed by atoms with Gasteiger partial charge in [-0.1, -0.05) is 29.3 Å². The first-order chi connectivity index (χ1) is 6.35. The fraction of sp³-hybridized carbons (Fsp3) is 0.222. The maximum absolute atomic E-state index is 10.8. The van der Waals surface area contributed by atoms with Gasteiger partial charge in [-0.2, -0.15) is 0 Å². The molecule has 3 nitrogen and oxygen atoms in total. The van der Waals surface area contributed by atoms with Gasteiger partial charge in [0.1, 0.15) is 5.54 Å². The van der Waals surface area contributed by atoms with Gasteiger partial charge in [0.25, 0.3) is 0 Å². The van der Waals surface area contributed by atoms with E-state index in [1.165, 1.54) is 19.1 Å². The van der Waals surface area contributed by atoms with Crippen molar-refractivity contribution in [3.8, 4) is 0 Å². The fourth-order valence-corrected chi connectivity index (χ4v) is 1.24. The van der Waals surface area contributed by atoms with Crippen LogP contribution < -0.4 is 5.73 Å². The number of nitrogens with two attached hydrogens (primary N) is 1. The molecule has 1 aromatic rings. The second-order valence-electron chi connectivity index (χ2n) is 3.14. The van der Waals surface area contributed by atoms with Crippen molar-refractivity contribution in [2.24, 2.45) is 5.73 Å². The van der Waals surface area contributed by atoms with Crippen LogP contribution in [-0.4, -0.2) is 11.1 Å². The zero-order chi connectivity index (χ0) is 10.9. The van der Waals surface area contributed by atoms with Gasteiger partial charge in [-0.15, -0.1) is 12.4 Å². The summed E-state index contributed by atoms with van der Waals surface area (Å²) in [5.74, 6) is -1.11. The molecular weight excluding hydrogens is 260 g/mol. The Balaban J connectivity index is 0.00000196. The van der Waals surface area contributed by atoms with Gasteiger partial charge in [0, 0.05) is 0 Å². The van der Waals surface area contributed by atoms with Crippen LogP contribution >= 0.6 is 35.6 Å². The minimum atomic E-state index is -1.45. The van der Waals surface area contributed by atoms with Gasteiger partial charge in [-0.05, 0) is 24.6 Å². The molecule has 0 unspecified atom stereocenters. The van der Waals surface area contributed by atoms with Crippen LogP contribution in [0.1, 0.15) is 12.5 Å². The summed E-state index contributed by atoms with van der Waals surface area (Å²) in [5.41, 5.74) is 4.56. The molecule has 15 heavy (non-hydrogen) atoms. The lowest BCUT2D eigenvalue weighted by Crippen LogP contribution is -2.41. The summed E-state index contributed by atoms with van der Waals surface area (Å²) >= 11 is 11.4. The lowest BCUT2D eigenvalue weighted by atomic mass is 9.94. The van der Waals surface area contributed by atoms with E-state index < -0.39 is 11.5 Å². The Morgan fingerprint density at radius 1 is 1.40 bits per heavy atom. The Bertz CT molecular complexity index is 380. The maximum Gasteiger partial charge on any atom is 0.328 e. The Morgan fingerprint density at radius 3 is 2.33 bits per heavy atom. The molecule has 0 amide bonds. The highest BCUT2D eigenvalue weighted by molar-refractivity contribution is 6.42. The van der Waals surface area contributed by atoms with E-state index in [4.69, 9.17) is 34.0 Å². The number of aliphatic carboxylic acids is 1. The van der Waals surface area contributed by atoms with Crippen molar-refractivity contribution in [1.29, 1.82) is 0 Å². The quantitative estimate of drug-likeness (QED) is 0.868. The zero-order valence-electron chi connectivity index (χ0n) is 7.83. The monoisotopic (exact) mass is 269 g/mol. The van der Waals surface area contributed by atoms with Crippen LogP contribution in [0.3, 0.4) is 0 Å². The van der Waals surface area contributed by atoms with E-state index in [2.05, 4.69) is 0 Å². The first-order valence-electron chi connectivity index (χ1n) is 3.83. The van der Waals surface area contributed by atoms with Gasteiger partial charge in [0.2, 0.25) is 0 Å². The molecule has 3 N–H and O–H groups in total. The molecule has 0 aromatic heterocycles. The van der Waals surface area contributed by atoms with Gasteiger partial charge >= 0.3 is 5.97 Å². The molecule has 0 fully saturated rings. The van der Waals surface area contributed by atoms with Crippen molar-refractivity contribution >= 4 is 41.6 Å². The SMILES string of the molecule is C[C@@](N)(C(=O)O)c1ccc(Cl)c(Cl)c1.Cl. The molecule has 0 spiro atoms. The van der Waals surface area contributed by atoms with Crippen LogP contribution in [0.25, 0.3) is 0 Å². The summed E-state index contributed by atoms with van der Waals surface area (Å²) in [6.45, 7) is 1.40. The molecule has 6 heteroatoms. The first-order valence-corrected chi connectivity index (χ1v) is 4.59. The van der Waals surface area contributed by atoms with E-state index in [1.807, 2.05) is 0 Å². The Kier molecular flexibility index (Phi) is 4.87. The average Bonchev–Trinajstić information content (AvgIpc) is 2.09. The number of carboxylic acid groups (broad SMARTS) is 1. The summed E-state index contributed by atoms with van der Waals surface area (Å²) < 4.78 is 0. The normalized spacial score (nSPS) is 13.9. The number of hydrogen-bond donors (Lipinski definition) is 2. The largest absolute Gasteiger partial charge is 0.480 e. The highest BCUT2D eigenvalue weighted by Gasteiger charge is 2.30. The van der Waals surface area contributed by atoms with Crippen molar-refractivity contribution < 1.29 is 9.90 Å². The number of hydrogen-bond acceptors (Lipinski definition) is 2. The van der Waals surface area contributed by atoms with Gasteiger partial charge in [-0.3, -0.25) is 0 Å². The van der Waals surface area contributed by atoms with E-state index in [-0.39, 0.29) is 12.4 Å². The number of rotatable bonds is 2. The summed E-state index contributed by atoms with van der Waals surface area (Å²) in [4.78, 5) is 10.8. The van der Waals surface area contributed by atoms with Crippen molar-refractivity contribution in [3.05, 3.63) is 33.8 Å². The lowest BCUT2D eigenvalue weighted by Gasteiger charge is -2.19. The van der Waals surface area contributed by atoms with Crippen LogP contribution in [0.5, 0.6) is 0 Å². The molecule has 1 rings (SSSR count). The number of carbonyl (C=O) groups is 1. The third-order valence-corrected chi connectivity index (χ3v) is 2.70. The van der Waals surface area contributed by atoms with Gasteiger partial charge in [0.05, 0.1) is 10.0 Å². The second kappa shape index (κ2) is 5.03. The minimum Gasteiger partial charge on any atom is -0.480 e. The smallest absolute Gasteiger partial charge is 0.328 e. The summed E-state index contributed by atoms with van der Waals surface area (Å²) in [7, 11) is 0. The predicted octanol–water partition coefficient (Wildman–Crippen LogP) is 2.67. The highest BCUT2D eigenvalue weighted by Crippen LogP contribution is 2.27. The van der Waals surface area contributed by atoms with Crippen molar-refractivity contribution in [2.45, 2.75) is 12.5 Å². The van der Waals surface area contributed by atoms with Crippen LogP contribution in [0.4, 0.5) is 0 Å². The second-order valence-corrected chi connectivity index (χ2v) is 3.95. The van der Waals surface area contributed by atoms with Crippen LogP contribution in [-0.2, 0) is 10.3 Å². The van der Waals surface area contributed by atoms with E-state index in [0.29, 0.717) is 15.6 Å². The molecule has 1 aromatic carbocycles. The highest BCUT2D eigenvalue weighted by atomic mass is 35.5. The molecular formula is C9H10Cl3NO2. The van der Waals surface area contributed by atoms with Crippen molar-refractivity contribution in [3.63, 3.8) is 0 Å². The molecule has 84 valence electrons. The van der Waals surface area contributed by atoms with Crippen LogP contribution in [0.15, 0.2) is 18.2 Å². The number of benzene rings is 1.